The van der Waals surface area contributed by atoms with Crippen LogP contribution in [0.3, 0.4) is 0 Å². The van der Waals surface area contributed by atoms with Gasteiger partial charge in [-0.15, -0.1) is 0 Å². The Morgan fingerprint density at radius 2 is 1.64 bits per heavy atom. The molecule has 0 amide bonds. The first kappa shape index (κ1) is 13.8. The van der Waals surface area contributed by atoms with Crippen molar-refractivity contribution in [2.45, 2.75) is 19.8 Å². The molecule has 4 nitrogen and oxygen atoms in total. The molecule has 0 unspecified atom stereocenters. The SMILES string of the molecule is C1CO1.CCCCOCCOCCO. The fourth-order valence-corrected chi connectivity index (χ4v) is 0.633. The van der Waals surface area contributed by atoms with Crippen LogP contribution in [0, 0.1) is 0 Å². The van der Waals surface area contributed by atoms with Crippen LogP contribution in [0.4, 0.5) is 0 Å². The topological polar surface area (TPSA) is 51.2 Å². The molecule has 1 saturated heterocycles. The first-order chi connectivity index (χ1) is 6.91. The molecule has 0 bridgehead atoms. The smallest absolute Gasteiger partial charge is 0.0701 e. The summed E-state index contributed by atoms with van der Waals surface area (Å²) in [5.74, 6) is 0. The van der Waals surface area contributed by atoms with Crippen LogP contribution < -0.4 is 0 Å². The van der Waals surface area contributed by atoms with Crippen molar-refractivity contribution in [2.75, 3.05) is 46.2 Å². The van der Waals surface area contributed by atoms with Gasteiger partial charge in [-0.1, -0.05) is 13.3 Å². The predicted molar refractivity (Wildman–Crippen MR) is 54.5 cm³/mol. The molecule has 0 aromatic carbocycles. The summed E-state index contributed by atoms with van der Waals surface area (Å²) < 4.78 is 14.7. The Morgan fingerprint density at radius 3 is 2.07 bits per heavy atom. The van der Waals surface area contributed by atoms with Crippen molar-refractivity contribution >= 4 is 0 Å². The van der Waals surface area contributed by atoms with E-state index in [4.69, 9.17) is 14.6 Å². The average Bonchev–Trinajstić information content (AvgIpc) is 3.03. The maximum atomic E-state index is 8.34. The molecule has 1 rings (SSSR count). The van der Waals surface area contributed by atoms with Crippen molar-refractivity contribution in [3.8, 4) is 0 Å². The van der Waals surface area contributed by atoms with Crippen LogP contribution in [0.2, 0.25) is 0 Å². The number of epoxide rings is 1. The molecule has 0 aliphatic carbocycles. The molecule has 0 atom stereocenters. The minimum Gasteiger partial charge on any atom is -0.394 e. The second-order valence-electron chi connectivity index (χ2n) is 2.91. The molecule has 4 heteroatoms. The maximum absolute atomic E-state index is 8.34. The van der Waals surface area contributed by atoms with Crippen molar-refractivity contribution < 1.29 is 19.3 Å². The highest BCUT2D eigenvalue weighted by Crippen LogP contribution is 1.87. The van der Waals surface area contributed by atoms with E-state index >= 15 is 0 Å². The molecule has 1 aliphatic heterocycles. The van der Waals surface area contributed by atoms with Gasteiger partial charge in [0.15, 0.2) is 0 Å². The number of ether oxygens (including phenoxy) is 3. The Morgan fingerprint density at radius 1 is 1.07 bits per heavy atom. The molecule has 1 N–H and O–H groups in total. The Bertz CT molecular complexity index is 85.4. The number of unbranched alkanes of at least 4 members (excludes halogenated alkanes) is 1. The lowest BCUT2D eigenvalue weighted by Gasteiger charge is -2.02. The minimum absolute atomic E-state index is 0.0922. The standard InChI is InChI=1S/C8H18O3.C2H4O/c1-2-3-5-10-7-8-11-6-4-9;1-2-3-1/h9H,2-8H2,1H3;1-2H2. The van der Waals surface area contributed by atoms with Crippen molar-refractivity contribution in [1.29, 1.82) is 0 Å². The number of aliphatic hydroxyl groups is 1. The van der Waals surface area contributed by atoms with Crippen LogP contribution in [-0.4, -0.2) is 51.4 Å². The third-order valence-electron chi connectivity index (χ3n) is 1.45. The molecule has 1 heterocycles. The molecule has 0 saturated carbocycles. The van der Waals surface area contributed by atoms with E-state index in [-0.39, 0.29) is 6.61 Å². The monoisotopic (exact) mass is 206 g/mol. The van der Waals surface area contributed by atoms with E-state index < -0.39 is 0 Å². The molecule has 0 spiro atoms. The third-order valence-corrected chi connectivity index (χ3v) is 1.45. The first-order valence-electron chi connectivity index (χ1n) is 5.26. The fraction of sp³-hybridized carbons (Fsp3) is 1.00. The zero-order chi connectivity index (χ0) is 10.5. The number of rotatable bonds is 8. The van der Waals surface area contributed by atoms with E-state index in [0.717, 1.165) is 32.7 Å². The Hall–Kier alpha value is -0.160. The van der Waals surface area contributed by atoms with Crippen molar-refractivity contribution in [1.82, 2.24) is 0 Å². The summed E-state index contributed by atoms with van der Waals surface area (Å²) in [4.78, 5) is 0. The largest absolute Gasteiger partial charge is 0.394 e. The lowest BCUT2D eigenvalue weighted by Crippen LogP contribution is -2.07. The zero-order valence-corrected chi connectivity index (χ0v) is 9.04. The van der Waals surface area contributed by atoms with Crippen LogP contribution in [0.25, 0.3) is 0 Å². The quantitative estimate of drug-likeness (QED) is 0.472. The number of hydrogen-bond donors (Lipinski definition) is 1. The van der Waals surface area contributed by atoms with Gasteiger partial charge in [0, 0.05) is 6.61 Å². The summed E-state index contributed by atoms with van der Waals surface area (Å²) in [5, 5.41) is 8.34. The highest BCUT2D eigenvalue weighted by Gasteiger charge is 1.94. The zero-order valence-electron chi connectivity index (χ0n) is 9.04. The minimum atomic E-state index is 0.0922. The van der Waals surface area contributed by atoms with Gasteiger partial charge in [0.25, 0.3) is 0 Å². The van der Waals surface area contributed by atoms with Gasteiger partial charge in [-0.05, 0) is 6.42 Å². The molecule has 86 valence electrons. The highest BCUT2D eigenvalue weighted by atomic mass is 16.6. The molecule has 0 aromatic heterocycles. The normalized spacial score (nSPS) is 13.3. The molecular weight excluding hydrogens is 184 g/mol. The molecule has 0 radical (unpaired) electrons. The van der Waals surface area contributed by atoms with E-state index in [1.807, 2.05) is 0 Å². The molecule has 1 fully saturated rings. The highest BCUT2D eigenvalue weighted by molar-refractivity contribution is 4.36. The first-order valence-corrected chi connectivity index (χ1v) is 5.26. The van der Waals surface area contributed by atoms with Crippen molar-refractivity contribution in [2.24, 2.45) is 0 Å². The van der Waals surface area contributed by atoms with Crippen molar-refractivity contribution in [3.63, 3.8) is 0 Å². The lowest BCUT2D eigenvalue weighted by molar-refractivity contribution is 0.0324. The van der Waals surface area contributed by atoms with Gasteiger partial charge in [-0.3, -0.25) is 0 Å². The fourth-order valence-electron chi connectivity index (χ4n) is 0.633. The van der Waals surface area contributed by atoms with Gasteiger partial charge in [0.2, 0.25) is 0 Å². The summed E-state index contributed by atoms with van der Waals surface area (Å²) in [6.07, 6.45) is 2.28. The summed E-state index contributed by atoms with van der Waals surface area (Å²) in [6.45, 7) is 6.68. The van der Waals surface area contributed by atoms with Crippen molar-refractivity contribution in [3.05, 3.63) is 0 Å². The van der Waals surface area contributed by atoms with E-state index in [2.05, 4.69) is 11.7 Å². The molecular formula is C10H22O4. The van der Waals surface area contributed by atoms with Gasteiger partial charge >= 0.3 is 0 Å². The average molecular weight is 206 g/mol. The van der Waals surface area contributed by atoms with E-state index in [1.54, 1.807) is 0 Å². The lowest BCUT2D eigenvalue weighted by atomic mass is 10.4. The van der Waals surface area contributed by atoms with Gasteiger partial charge in [-0.2, -0.15) is 0 Å². The number of aliphatic hydroxyl groups excluding tert-OH is 1. The van der Waals surface area contributed by atoms with Crippen LogP contribution in [-0.2, 0) is 14.2 Å². The Balaban J connectivity index is 0.000000469. The van der Waals surface area contributed by atoms with Gasteiger partial charge in [-0.25, -0.2) is 0 Å². The van der Waals surface area contributed by atoms with E-state index in [0.29, 0.717) is 19.8 Å². The summed E-state index contributed by atoms with van der Waals surface area (Å²) >= 11 is 0. The molecule has 14 heavy (non-hydrogen) atoms. The maximum Gasteiger partial charge on any atom is 0.0701 e. The summed E-state index contributed by atoms with van der Waals surface area (Å²) in [6, 6.07) is 0. The van der Waals surface area contributed by atoms with Crippen LogP contribution in [0.1, 0.15) is 19.8 Å². The van der Waals surface area contributed by atoms with Gasteiger partial charge in [0.1, 0.15) is 0 Å². The van der Waals surface area contributed by atoms with Gasteiger partial charge in [0.05, 0.1) is 39.6 Å². The Labute approximate surface area is 86.2 Å². The van der Waals surface area contributed by atoms with Crippen LogP contribution in [0.15, 0.2) is 0 Å². The van der Waals surface area contributed by atoms with E-state index in [9.17, 15) is 0 Å². The second-order valence-corrected chi connectivity index (χ2v) is 2.91. The predicted octanol–water partition coefficient (Wildman–Crippen LogP) is 0.829. The van der Waals surface area contributed by atoms with Crippen LogP contribution >= 0.6 is 0 Å². The molecule has 1 aliphatic rings. The second kappa shape index (κ2) is 12.8. The third kappa shape index (κ3) is 17.8. The Kier molecular flexibility index (Phi) is 12.7. The summed E-state index contributed by atoms with van der Waals surface area (Å²) in [5.41, 5.74) is 0. The number of hydrogen-bond acceptors (Lipinski definition) is 4. The van der Waals surface area contributed by atoms with Gasteiger partial charge < -0.3 is 19.3 Å². The van der Waals surface area contributed by atoms with E-state index in [1.165, 1.54) is 0 Å². The summed E-state index contributed by atoms with van der Waals surface area (Å²) in [7, 11) is 0. The van der Waals surface area contributed by atoms with Crippen LogP contribution in [0.5, 0.6) is 0 Å². The molecule has 0 aromatic rings.